The molecule has 1 amide bonds. The first kappa shape index (κ1) is 12.6. The van der Waals surface area contributed by atoms with Gasteiger partial charge in [0.25, 0.3) is 0 Å². The average molecular weight is 242 g/mol. The minimum absolute atomic E-state index is 0.138. The molecule has 0 aromatic carbocycles. The summed E-state index contributed by atoms with van der Waals surface area (Å²) in [6, 6.07) is 0. The zero-order valence-corrected chi connectivity index (χ0v) is 10.9. The van der Waals surface area contributed by atoms with Crippen molar-refractivity contribution in [3.05, 3.63) is 0 Å². The van der Waals surface area contributed by atoms with Crippen molar-refractivity contribution in [2.24, 2.45) is 5.73 Å². The molecule has 0 radical (unpaired) electrons. The Bertz CT molecular complexity index is 305. The van der Waals surface area contributed by atoms with Gasteiger partial charge in [0.1, 0.15) is 11.2 Å². The number of carbonyl (C=O) groups excluding carboxylic acids is 1. The van der Waals surface area contributed by atoms with Crippen LogP contribution in [-0.2, 0) is 9.47 Å². The molecule has 2 heterocycles. The maximum absolute atomic E-state index is 11.8. The Hall–Kier alpha value is -0.810. The highest BCUT2D eigenvalue weighted by Crippen LogP contribution is 2.38. The van der Waals surface area contributed by atoms with Gasteiger partial charge in [-0.3, -0.25) is 0 Å². The van der Waals surface area contributed by atoms with Gasteiger partial charge < -0.3 is 20.1 Å². The molecule has 0 saturated carbocycles. The molecule has 2 aliphatic rings. The summed E-state index contributed by atoms with van der Waals surface area (Å²) in [4.78, 5) is 13.5. The van der Waals surface area contributed by atoms with Crippen LogP contribution in [0.15, 0.2) is 0 Å². The van der Waals surface area contributed by atoms with Gasteiger partial charge in [-0.05, 0) is 33.6 Å². The smallest absolute Gasteiger partial charge is 0.410 e. The fourth-order valence-electron chi connectivity index (χ4n) is 2.40. The first-order valence-electron chi connectivity index (χ1n) is 6.19. The fraction of sp³-hybridized carbons (Fsp3) is 0.917. The predicted molar refractivity (Wildman–Crippen MR) is 63.7 cm³/mol. The van der Waals surface area contributed by atoms with Crippen LogP contribution in [0.3, 0.4) is 0 Å². The predicted octanol–water partition coefficient (Wildman–Crippen LogP) is 1.11. The van der Waals surface area contributed by atoms with Crippen LogP contribution in [0.2, 0.25) is 0 Å². The molecule has 2 N–H and O–H groups in total. The number of amides is 1. The second-order valence-corrected chi connectivity index (χ2v) is 6.03. The summed E-state index contributed by atoms with van der Waals surface area (Å²) in [5.74, 6) is 0. The molecular weight excluding hydrogens is 220 g/mol. The van der Waals surface area contributed by atoms with Crippen molar-refractivity contribution in [2.45, 2.75) is 50.9 Å². The normalized spacial score (nSPS) is 27.1. The van der Waals surface area contributed by atoms with Crippen LogP contribution in [-0.4, -0.2) is 47.9 Å². The molecule has 0 unspecified atom stereocenters. The number of nitrogens with two attached hydrogens (primary N) is 1. The van der Waals surface area contributed by atoms with E-state index in [1.165, 1.54) is 0 Å². The second-order valence-electron chi connectivity index (χ2n) is 6.03. The first-order chi connectivity index (χ1) is 7.84. The molecule has 0 aliphatic carbocycles. The van der Waals surface area contributed by atoms with Crippen molar-refractivity contribution in [1.29, 1.82) is 0 Å². The van der Waals surface area contributed by atoms with Crippen molar-refractivity contribution in [3.8, 4) is 0 Å². The molecule has 2 rings (SSSR count). The minimum atomic E-state index is -0.434. The Labute approximate surface area is 102 Å². The minimum Gasteiger partial charge on any atom is -0.444 e. The van der Waals surface area contributed by atoms with Gasteiger partial charge in [0, 0.05) is 6.54 Å². The molecule has 0 aromatic rings. The van der Waals surface area contributed by atoms with Crippen molar-refractivity contribution < 1.29 is 14.3 Å². The molecule has 0 aromatic heterocycles. The number of rotatable bonds is 1. The lowest BCUT2D eigenvalue weighted by atomic mass is 9.91. The summed E-state index contributed by atoms with van der Waals surface area (Å²) in [7, 11) is 0. The number of ether oxygens (including phenoxy) is 2. The lowest BCUT2D eigenvalue weighted by Crippen LogP contribution is -2.64. The van der Waals surface area contributed by atoms with Gasteiger partial charge in [-0.2, -0.15) is 0 Å². The first-order valence-corrected chi connectivity index (χ1v) is 6.19. The van der Waals surface area contributed by atoms with Gasteiger partial charge in [0.2, 0.25) is 0 Å². The average Bonchev–Trinajstić information content (AvgIpc) is 2.56. The topological polar surface area (TPSA) is 64.8 Å². The van der Waals surface area contributed by atoms with E-state index in [4.69, 9.17) is 15.2 Å². The van der Waals surface area contributed by atoms with Gasteiger partial charge in [-0.25, -0.2) is 4.79 Å². The van der Waals surface area contributed by atoms with Gasteiger partial charge in [-0.15, -0.1) is 0 Å². The zero-order valence-electron chi connectivity index (χ0n) is 10.9. The summed E-state index contributed by atoms with van der Waals surface area (Å²) < 4.78 is 11.2. The quantitative estimate of drug-likeness (QED) is 0.748. The van der Waals surface area contributed by atoms with Gasteiger partial charge in [0.05, 0.1) is 19.2 Å². The van der Waals surface area contributed by atoms with Crippen LogP contribution in [0.25, 0.3) is 0 Å². The molecule has 5 heteroatoms. The summed E-state index contributed by atoms with van der Waals surface area (Å²) in [5.41, 5.74) is 5.01. The lowest BCUT2D eigenvalue weighted by Gasteiger charge is -2.47. The summed E-state index contributed by atoms with van der Waals surface area (Å²) >= 11 is 0. The monoisotopic (exact) mass is 242 g/mol. The van der Waals surface area contributed by atoms with Crippen LogP contribution >= 0.6 is 0 Å². The van der Waals surface area contributed by atoms with E-state index in [1.807, 2.05) is 20.8 Å². The van der Waals surface area contributed by atoms with Crippen LogP contribution in [0, 0.1) is 0 Å². The fourth-order valence-corrected chi connectivity index (χ4v) is 2.40. The van der Waals surface area contributed by atoms with E-state index < -0.39 is 5.60 Å². The van der Waals surface area contributed by atoms with Crippen LogP contribution in [0.5, 0.6) is 0 Å². The SMILES string of the molecule is CC(C)(C)OC(=O)N1CC2(CC[C@H](CN)O2)C1. The molecule has 5 nitrogen and oxygen atoms in total. The molecular formula is C12H22N2O3. The van der Waals surface area contributed by atoms with Crippen LogP contribution in [0.4, 0.5) is 4.79 Å². The van der Waals surface area contributed by atoms with E-state index in [1.54, 1.807) is 4.90 Å². The number of likely N-dealkylation sites (tertiary alicyclic amines) is 1. The van der Waals surface area contributed by atoms with Crippen molar-refractivity contribution >= 4 is 6.09 Å². The second kappa shape index (κ2) is 4.14. The Morgan fingerprint density at radius 2 is 2.18 bits per heavy atom. The van der Waals surface area contributed by atoms with E-state index in [9.17, 15) is 4.79 Å². The number of carbonyl (C=O) groups is 1. The summed E-state index contributed by atoms with van der Waals surface area (Å²) in [5, 5.41) is 0. The van der Waals surface area contributed by atoms with Crippen LogP contribution in [0.1, 0.15) is 33.6 Å². The van der Waals surface area contributed by atoms with E-state index in [0.717, 1.165) is 12.8 Å². The molecule has 17 heavy (non-hydrogen) atoms. The Kier molecular flexibility index (Phi) is 3.08. The summed E-state index contributed by atoms with van der Waals surface area (Å²) in [6.45, 7) is 7.45. The maximum atomic E-state index is 11.8. The number of hydrogen-bond acceptors (Lipinski definition) is 4. The Balaban J connectivity index is 1.81. The van der Waals surface area contributed by atoms with E-state index in [-0.39, 0.29) is 17.8 Å². The third kappa shape index (κ3) is 2.72. The molecule has 2 saturated heterocycles. The molecule has 1 spiro atoms. The highest BCUT2D eigenvalue weighted by atomic mass is 16.6. The largest absolute Gasteiger partial charge is 0.444 e. The molecule has 0 bridgehead atoms. The molecule has 2 aliphatic heterocycles. The highest BCUT2D eigenvalue weighted by Gasteiger charge is 2.51. The Morgan fingerprint density at radius 1 is 1.53 bits per heavy atom. The van der Waals surface area contributed by atoms with E-state index in [0.29, 0.717) is 19.6 Å². The van der Waals surface area contributed by atoms with Gasteiger partial charge >= 0.3 is 6.09 Å². The van der Waals surface area contributed by atoms with E-state index in [2.05, 4.69) is 0 Å². The van der Waals surface area contributed by atoms with Crippen molar-refractivity contribution in [3.63, 3.8) is 0 Å². The molecule has 2 fully saturated rings. The van der Waals surface area contributed by atoms with Gasteiger partial charge in [-0.1, -0.05) is 0 Å². The van der Waals surface area contributed by atoms with Gasteiger partial charge in [0.15, 0.2) is 0 Å². The standard InChI is InChI=1S/C12H22N2O3/c1-11(2,3)17-10(15)14-7-12(8-14)5-4-9(6-13)16-12/h9H,4-8,13H2,1-3H3/t9-/m1/s1. The maximum Gasteiger partial charge on any atom is 0.410 e. The lowest BCUT2D eigenvalue weighted by molar-refractivity contribution is -0.129. The molecule has 98 valence electrons. The summed E-state index contributed by atoms with van der Waals surface area (Å²) in [6.07, 6.45) is 1.91. The zero-order chi connectivity index (χ0) is 12.7. The number of hydrogen-bond donors (Lipinski definition) is 1. The number of nitrogens with zero attached hydrogens (tertiary/aromatic N) is 1. The molecule has 1 atom stereocenters. The third-order valence-electron chi connectivity index (χ3n) is 3.21. The van der Waals surface area contributed by atoms with Crippen molar-refractivity contribution in [2.75, 3.05) is 19.6 Å². The van der Waals surface area contributed by atoms with E-state index >= 15 is 0 Å². The highest BCUT2D eigenvalue weighted by molar-refractivity contribution is 5.69. The van der Waals surface area contributed by atoms with Crippen LogP contribution < -0.4 is 5.73 Å². The van der Waals surface area contributed by atoms with Crippen molar-refractivity contribution in [1.82, 2.24) is 4.90 Å². The third-order valence-corrected chi connectivity index (χ3v) is 3.21. The Morgan fingerprint density at radius 3 is 2.65 bits per heavy atom.